The van der Waals surface area contributed by atoms with Crippen molar-refractivity contribution in [2.24, 2.45) is 11.8 Å². The van der Waals surface area contributed by atoms with Crippen LogP contribution in [0, 0.1) is 11.8 Å². The fourth-order valence-corrected chi connectivity index (χ4v) is 8.62. The highest BCUT2D eigenvalue weighted by atomic mass is 16.2. The van der Waals surface area contributed by atoms with Crippen LogP contribution in [0.25, 0.3) is 0 Å². The van der Waals surface area contributed by atoms with E-state index in [1.54, 1.807) is 9.80 Å². The van der Waals surface area contributed by atoms with Crippen LogP contribution in [-0.2, 0) is 28.8 Å². The Balaban J connectivity index is -0.000000109. The summed E-state index contributed by atoms with van der Waals surface area (Å²) in [5.74, 6) is 2.82. The summed E-state index contributed by atoms with van der Waals surface area (Å²) in [6.07, 6.45) is 45.0. The summed E-state index contributed by atoms with van der Waals surface area (Å²) in [7, 11) is 5.92. The van der Waals surface area contributed by atoms with E-state index in [9.17, 15) is 28.8 Å². The van der Waals surface area contributed by atoms with Crippen molar-refractivity contribution in [2.75, 3.05) is 47.3 Å². The molecule has 0 bridgehead atoms. The molecule has 0 aromatic carbocycles. The van der Waals surface area contributed by atoms with Crippen molar-refractivity contribution < 1.29 is 28.8 Å². The normalized spacial score (nSPS) is 19.3. The first-order valence-electron chi connectivity index (χ1n) is 36.3. The van der Waals surface area contributed by atoms with E-state index in [1.807, 2.05) is 153 Å². The van der Waals surface area contributed by atoms with Crippen LogP contribution in [-0.4, -0.2) is 97.0 Å². The number of carbonyl (C=O) groups excluding carboxylic acids is 6. The molecule has 2 amide bonds. The molecule has 0 N–H and O–H groups in total. The van der Waals surface area contributed by atoms with E-state index in [0.29, 0.717) is 35.2 Å². The minimum atomic E-state index is 0.274. The van der Waals surface area contributed by atoms with Crippen molar-refractivity contribution in [3.8, 4) is 0 Å². The zero-order valence-electron chi connectivity index (χ0n) is 63.2. The Morgan fingerprint density at radius 1 is 0.345 bits per heavy atom. The highest BCUT2D eigenvalue weighted by Crippen LogP contribution is 2.21. The van der Waals surface area contributed by atoms with Crippen molar-refractivity contribution in [3.05, 3.63) is 71.9 Å². The van der Waals surface area contributed by atoms with Gasteiger partial charge in [0.25, 0.3) is 0 Å². The Morgan fingerprint density at radius 3 is 0.770 bits per heavy atom. The third kappa shape index (κ3) is 71.0. The number of likely N-dealkylation sites (tertiary alicyclic amines) is 3. The SMILES string of the molecule is C=C1CCCCC1=O.C=C1CCCCC1=O.CC.CC.CC.CC.CC.CC.CC.CC.CC.CC1=CCCC=C1.CC1=CCCC=C1.CC1CCCCC1=O.CC1CCCCC1=O.CN1CCCCC1.CN1CCCCC1=O.CN1CCCCC1=O. The van der Waals surface area contributed by atoms with Crippen molar-refractivity contribution in [2.45, 2.75) is 339 Å². The zero-order valence-corrected chi connectivity index (χ0v) is 63.2. The number of hydrogen-bond donors (Lipinski definition) is 0. The van der Waals surface area contributed by atoms with Gasteiger partial charge in [-0.15, -0.1) is 0 Å². The fourth-order valence-electron chi connectivity index (χ4n) is 8.62. The first kappa shape index (κ1) is 102. The minimum absolute atomic E-state index is 0.274. The number of amides is 2. The summed E-state index contributed by atoms with van der Waals surface area (Å²) in [5.41, 5.74) is 4.48. The van der Waals surface area contributed by atoms with Crippen LogP contribution in [0.15, 0.2) is 71.9 Å². The molecule has 2 atom stereocenters. The van der Waals surface area contributed by atoms with E-state index in [-0.39, 0.29) is 11.6 Å². The summed E-state index contributed by atoms with van der Waals surface area (Å²) >= 11 is 0. The average Bonchev–Trinajstić information content (AvgIpc) is 3.60. The number of hydrogen-bond acceptors (Lipinski definition) is 7. The molecule has 4 saturated carbocycles. The molecule has 87 heavy (non-hydrogen) atoms. The molecule has 9 rings (SSSR count). The van der Waals surface area contributed by atoms with Gasteiger partial charge >= 0.3 is 0 Å². The smallest absolute Gasteiger partial charge is 0.222 e. The summed E-state index contributed by atoms with van der Waals surface area (Å²) in [4.78, 5) is 70.4. The van der Waals surface area contributed by atoms with Gasteiger partial charge in [0.2, 0.25) is 11.8 Å². The summed E-state index contributed by atoms with van der Waals surface area (Å²) in [6.45, 7) is 56.2. The molecule has 3 heterocycles. The molecule has 7 fully saturated rings. The Labute approximate surface area is 545 Å². The Bertz CT molecular complexity index is 1490. The molecule has 2 unspecified atom stereocenters. The van der Waals surface area contributed by atoms with Crippen LogP contribution < -0.4 is 0 Å². The lowest BCUT2D eigenvalue weighted by Gasteiger charge is -2.21. The minimum Gasteiger partial charge on any atom is -0.346 e. The molecule has 9 heteroatoms. The zero-order chi connectivity index (χ0) is 69.2. The molecule has 0 aromatic heterocycles. The molecular formula is C78H153N3O6. The van der Waals surface area contributed by atoms with E-state index < -0.39 is 0 Å². The maximum atomic E-state index is 10.8. The molecule has 516 valence electrons. The second kappa shape index (κ2) is 84.1. The number of nitrogens with zero attached hydrogens (tertiary/aromatic N) is 3. The maximum absolute atomic E-state index is 10.8. The summed E-state index contributed by atoms with van der Waals surface area (Å²) in [6, 6.07) is 0. The molecule has 0 radical (unpaired) electrons. The Morgan fingerprint density at radius 2 is 0.621 bits per heavy atom. The van der Waals surface area contributed by atoms with E-state index in [0.717, 1.165) is 140 Å². The highest BCUT2D eigenvalue weighted by molar-refractivity contribution is 5.95. The van der Waals surface area contributed by atoms with Crippen LogP contribution in [0.1, 0.15) is 339 Å². The van der Waals surface area contributed by atoms with E-state index in [1.165, 1.54) is 94.9 Å². The Hall–Kier alpha value is -3.98. The van der Waals surface area contributed by atoms with Crippen molar-refractivity contribution in [3.63, 3.8) is 0 Å². The third-order valence-corrected chi connectivity index (χ3v) is 13.8. The molecule has 0 aromatic rings. The molecule has 9 aliphatic rings. The quantitative estimate of drug-likeness (QED) is 0.222. The number of Topliss-reactive ketones (excluding diaryl/α,β-unsaturated/α-hetero) is 4. The van der Waals surface area contributed by atoms with Gasteiger partial charge in [0.15, 0.2) is 11.6 Å². The molecule has 0 spiro atoms. The van der Waals surface area contributed by atoms with Gasteiger partial charge in [-0.2, -0.15) is 0 Å². The van der Waals surface area contributed by atoms with Crippen molar-refractivity contribution in [1.82, 2.24) is 14.7 Å². The highest BCUT2D eigenvalue weighted by Gasteiger charge is 2.18. The summed E-state index contributed by atoms with van der Waals surface area (Å²) in [5, 5.41) is 0. The van der Waals surface area contributed by atoms with Crippen LogP contribution in [0.4, 0.5) is 0 Å². The predicted octanol–water partition coefficient (Wildman–Crippen LogP) is 23.1. The molecule has 9 nitrogen and oxygen atoms in total. The number of ketones is 4. The lowest BCUT2D eigenvalue weighted by atomic mass is 9.90. The van der Waals surface area contributed by atoms with Crippen LogP contribution in [0.5, 0.6) is 0 Å². The van der Waals surface area contributed by atoms with Gasteiger partial charge in [-0.1, -0.05) is 218 Å². The lowest BCUT2D eigenvalue weighted by molar-refractivity contribution is -0.132. The number of piperidine rings is 3. The largest absolute Gasteiger partial charge is 0.346 e. The third-order valence-electron chi connectivity index (χ3n) is 13.8. The maximum Gasteiger partial charge on any atom is 0.222 e. The summed E-state index contributed by atoms with van der Waals surface area (Å²) < 4.78 is 0. The second-order valence-corrected chi connectivity index (χ2v) is 20.5. The topological polar surface area (TPSA) is 112 Å². The molecule has 3 aliphatic heterocycles. The van der Waals surface area contributed by atoms with E-state index in [2.05, 4.69) is 75.4 Å². The molecule has 6 aliphatic carbocycles. The van der Waals surface area contributed by atoms with Gasteiger partial charge in [0, 0.05) is 77.5 Å². The van der Waals surface area contributed by atoms with Gasteiger partial charge in [-0.25, -0.2) is 0 Å². The number of rotatable bonds is 0. The molecule has 3 saturated heterocycles. The standard InChI is InChI=1S/2C7H12O.2C7H10O.2C7H10.2C6H11NO.C6H13N.9C2H6/c4*1-6-4-2-3-5-7(6)8;2*1-7-5-3-2-4-6-7;2*1-7-5-3-2-4-6(7)8;1-7-5-3-2-4-6-7;9*1-2/h2*6H,2-5H2,1H3;2*1-5H2;2*3,5-6H,2,4H2,1H3;2*2-5H2,1H3;2-6H2,1H3;9*1-2H3. The van der Waals surface area contributed by atoms with Crippen LogP contribution >= 0.6 is 0 Å². The fraction of sp³-hybridized carbons (Fsp3) is 0.769. The van der Waals surface area contributed by atoms with Crippen LogP contribution in [0.2, 0.25) is 0 Å². The molecular weight excluding hydrogens is 1070 g/mol. The van der Waals surface area contributed by atoms with E-state index >= 15 is 0 Å². The van der Waals surface area contributed by atoms with Gasteiger partial charge < -0.3 is 14.7 Å². The monoisotopic (exact) mass is 1230 g/mol. The number of allylic oxidation sites excluding steroid dienone is 10. The first-order valence-corrected chi connectivity index (χ1v) is 36.3. The first-order chi connectivity index (χ1) is 42.0. The van der Waals surface area contributed by atoms with Gasteiger partial charge in [-0.3, -0.25) is 28.8 Å². The average molecular weight is 1230 g/mol. The number of carbonyl (C=O) groups is 6. The Kier molecular flexibility index (Phi) is 98.5. The second-order valence-electron chi connectivity index (χ2n) is 20.5. The van der Waals surface area contributed by atoms with Crippen LogP contribution in [0.3, 0.4) is 0 Å². The predicted molar refractivity (Wildman–Crippen MR) is 391 cm³/mol. The van der Waals surface area contributed by atoms with Gasteiger partial charge in [-0.05, 0) is 174 Å². The van der Waals surface area contributed by atoms with Gasteiger partial charge in [0.1, 0.15) is 11.6 Å². The van der Waals surface area contributed by atoms with E-state index in [4.69, 9.17) is 0 Å². The lowest BCUT2D eigenvalue weighted by Crippen LogP contribution is -2.31. The van der Waals surface area contributed by atoms with Gasteiger partial charge in [0.05, 0.1) is 0 Å². The van der Waals surface area contributed by atoms with Crippen molar-refractivity contribution in [1.29, 1.82) is 0 Å². The van der Waals surface area contributed by atoms with Crippen molar-refractivity contribution >= 4 is 34.9 Å².